The lowest BCUT2D eigenvalue weighted by Gasteiger charge is -2.01. The van der Waals surface area contributed by atoms with Gasteiger partial charge in [0.1, 0.15) is 11.8 Å². The van der Waals surface area contributed by atoms with E-state index in [9.17, 15) is 5.11 Å². The first-order valence-electron chi connectivity index (χ1n) is 6.53. The highest BCUT2D eigenvalue weighted by Crippen LogP contribution is 2.30. The van der Waals surface area contributed by atoms with Crippen LogP contribution >= 0.6 is 0 Å². The summed E-state index contributed by atoms with van der Waals surface area (Å²) in [5.74, 6) is 1.01. The second kappa shape index (κ2) is 4.43. The van der Waals surface area contributed by atoms with Gasteiger partial charge in [0.05, 0.1) is 17.7 Å². The van der Waals surface area contributed by atoms with E-state index >= 15 is 0 Å². The SMILES string of the molecule is OC1CN[C@H](c2nc(-c3coc4ccccc34)no2)C1. The van der Waals surface area contributed by atoms with E-state index in [-0.39, 0.29) is 12.1 Å². The Bertz CT molecular complexity index is 749. The van der Waals surface area contributed by atoms with Crippen LogP contribution in [0.2, 0.25) is 0 Å². The van der Waals surface area contributed by atoms with Crippen LogP contribution < -0.4 is 5.32 Å². The summed E-state index contributed by atoms with van der Waals surface area (Å²) in [6.07, 6.45) is 1.87. The van der Waals surface area contributed by atoms with E-state index in [0.29, 0.717) is 24.7 Å². The zero-order valence-electron chi connectivity index (χ0n) is 10.6. The lowest BCUT2D eigenvalue weighted by atomic mass is 10.1. The summed E-state index contributed by atoms with van der Waals surface area (Å²) in [4.78, 5) is 4.41. The van der Waals surface area contributed by atoms with Gasteiger partial charge in [-0.25, -0.2) is 0 Å². The van der Waals surface area contributed by atoms with E-state index in [2.05, 4.69) is 15.5 Å². The minimum absolute atomic E-state index is 0.0792. The third kappa shape index (κ3) is 1.81. The molecule has 1 unspecified atom stereocenters. The van der Waals surface area contributed by atoms with E-state index in [0.717, 1.165) is 16.5 Å². The van der Waals surface area contributed by atoms with E-state index in [4.69, 9.17) is 8.94 Å². The average Bonchev–Trinajstić information content (AvgIpc) is 3.15. The second-order valence-corrected chi connectivity index (χ2v) is 4.95. The molecule has 102 valence electrons. The third-order valence-electron chi connectivity index (χ3n) is 3.57. The number of furan rings is 1. The van der Waals surface area contributed by atoms with Crippen LogP contribution in [0.3, 0.4) is 0 Å². The Labute approximate surface area is 114 Å². The van der Waals surface area contributed by atoms with Crippen molar-refractivity contribution in [3.8, 4) is 11.4 Å². The smallest absolute Gasteiger partial charge is 0.244 e. The van der Waals surface area contributed by atoms with Gasteiger partial charge in [-0.1, -0.05) is 23.4 Å². The first-order chi connectivity index (χ1) is 9.81. The summed E-state index contributed by atoms with van der Waals surface area (Å²) in [5.41, 5.74) is 1.61. The summed E-state index contributed by atoms with van der Waals surface area (Å²) in [7, 11) is 0. The first-order valence-corrected chi connectivity index (χ1v) is 6.53. The highest BCUT2D eigenvalue weighted by Gasteiger charge is 2.28. The number of fused-ring (bicyclic) bond motifs is 1. The fraction of sp³-hybridized carbons (Fsp3) is 0.286. The summed E-state index contributed by atoms with van der Waals surface area (Å²) >= 11 is 0. The number of benzene rings is 1. The molecule has 1 aliphatic rings. The molecule has 4 rings (SSSR count). The summed E-state index contributed by atoms with van der Waals surface area (Å²) < 4.78 is 10.8. The number of para-hydroxylation sites is 1. The van der Waals surface area contributed by atoms with E-state index in [1.54, 1.807) is 6.26 Å². The molecule has 1 saturated heterocycles. The van der Waals surface area contributed by atoms with Crippen molar-refractivity contribution in [2.24, 2.45) is 0 Å². The number of β-amino-alcohol motifs (C(OH)–C–C–N with tert-alkyl or cyclic N) is 1. The number of nitrogens with zero attached hydrogens (tertiary/aromatic N) is 2. The maximum atomic E-state index is 9.53. The van der Waals surface area contributed by atoms with Gasteiger partial charge in [0.25, 0.3) is 0 Å². The van der Waals surface area contributed by atoms with E-state index in [1.807, 2.05) is 24.3 Å². The zero-order chi connectivity index (χ0) is 13.5. The minimum atomic E-state index is -0.356. The zero-order valence-corrected chi connectivity index (χ0v) is 10.6. The molecule has 1 fully saturated rings. The topological polar surface area (TPSA) is 84.3 Å². The Balaban J connectivity index is 1.71. The van der Waals surface area contributed by atoms with Gasteiger partial charge in [-0.15, -0.1) is 0 Å². The largest absolute Gasteiger partial charge is 0.464 e. The van der Waals surface area contributed by atoms with Gasteiger partial charge in [0, 0.05) is 11.9 Å². The molecule has 3 aromatic rings. The van der Waals surface area contributed by atoms with Gasteiger partial charge in [0.15, 0.2) is 0 Å². The van der Waals surface area contributed by atoms with Crippen molar-refractivity contribution in [3.05, 3.63) is 36.4 Å². The van der Waals surface area contributed by atoms with Crippen molar-refractivity contribution in [1.29, 1.82) is 0 Å². The van der Waals surface area contributed by atoms with Gasteiger partial charge < -0.3 is 19.4 Å². The molecule has 2 aromatic heterocycles. The fourth-order valence-electron chi connectivity index (χ4n) is 2.54. The molecule has 0 aliphatic carbocycles. The van der Waals surface area contributed by atoms with Crippen LogP contribution in [-0.2, 0) is 0 Å². The molecule has 2 atom stereocenters. The first kappa shape index (κ1) is 11.6. The monoisotopic (exact) mass is 271 g/mol. The van der Waals surface area contributed by atoms with Crippen LogP contribution in [0.15, 0.2) is 39.5 Å². The Hall–Kier alpha value is -2.18. The molecule has 0 saturated carbocycles. The van der Waals surface area contributed by atoms with Crippen LogP contribution in [0.4, 0.5) is 0 Å². The number of hydrogen-bond donors (Lipinski definition) is 2. The Morgan fingerprint density at radius 3 is 3.05 bits per heavy atom. The van der Waals surface area contributed by atoms with E-state index < -0.39 is 0 Å². The van der Waals surface area contributed by atoms with Gasteiger partial charge >= 0.3 is 0 Å². The number of hydrogen-bond acceptors (Lipinski definition) is 6. The quantitative estimate of drug-likeness (QED) is 0.740. The molecule has 0 amide bonds. The van der Waals surface area contributed by atoms with Gasteiger partial charge in [-0.05, 0) is 12.5 Å². The third-order valence-corrected chi connectivity index (χ3v) is 3.57. The molecular formula is C14H13N3O3. The number of aromatic nitrogens is 2. The molecule has 1 aliphatic heterocycles. The average molecular weight is 271 g/mol. The number of aliphatic hydroxyl groups is 1. The van der Waals surface area contributed by atoms with Crippen molar-refractivity contribution in [3.63, 3.8) is 0 Å². The molecule has 0 bridgehead atoms. The molecule has 20 heavy (non-hydrogen) atoms. The number of aliphatic hydroxyl groups excluding tert-OH is 1. The lowest BCUT2D eigenvalue weighted by Crippen LogP contribution is -2.15. The molecular weight excluding hydrogens is 258 g/mol. The minimum Gasteiger partial charge on any atom is -0.464 e. The predicted octanol–water partition coefficient (Wildman–Crippen LogP) is 1.88. The van der Waals surface area contributed by atoms with Crippen LogP contribution in [0, 0.1) is 0 Å². The maximum Gasteiger partial charge on any atom is 0.244 e. The Kier molecular flexibility index (Phi) is 2.58. The van der Waals surface area contributed by atoms with Crippen LogP contribution in [-0.4, -0.2) is 27.9 Å². The van der Waals surface area contributed by atoms with Gasteiger partial charge in [0.2, 0.25) is 11.7 Å². The van der Waals surface area contributed by atoms with Crippen molar-refractivity contribution >= 4 is 11.0 Å². The highest BCUT2D eigenvalue weighted by atomic mass is 16.5. The lowest BCUT2D eigenvalue weighted by molar-refractivity contribution is 0.191. The van der Waals surface area contributed by atoms with Crippen molar-refractivity contribution < 1.29 is 14.0 Å². The molecule has 6 nitrogen and oxygen atoms in total. The Morgan fingerprint density at radius 1 is 1.30 bits per heavy atom. The molecule has 1 aromatic carbocycles. The molecule has 3 heterocycles. The normalized spacial score (nSPS) is 22.6. The summed E-state index contributed by atoms with van der Waals surface area (Å²) in [6, 6.07) is 7.64. The molecule has 2 N–H and O–H groups in total. The van der Waals surface area contributed by atoms with E-state index in [1.165, 1.54) is 0 Å². The highest BCUT2D eigenvalue weighted by molar-refractivity contribution is 5.91. The predicted molar refractivity (Wildman–Crippen MR) is 70.9 cm³/mol. The van der Waals surface area contributed by atoms with Crippen LogP contribution in [0.5, 0.6) is 0 Å². The standard InChI is InChI=1S/C14H13N3O3/c18-8-5-11(15-6-8)14-16-13(17-20-14)10-7-19-12-4-2-1-3-9(10)12/h1-4,7-8,11,15,18H,5-6H2/t8?,11-/m0/s1. The second-order valence-electron chi connectivity index (χ2n) is 4.95. The van der Waals surface area contributed by atoms with Crippen molar-refractivity contribution in [2.45, 2.75) is 18.6 Å². The molecule has 0 spiro atoms. The molecule has 6 heteroatoms. The van der Waals surface area contributed by atoms with Crippen molar-refractivity contribution in [2.75, 3.05) is 6.54 Å². The maximum absolute atomic E-state index is 9.53. The number of nitrogens with one attached hydrogen (secondary N) is 1. The van der Waals surface area contributed by atoms with Crippen LogP contribution in [0.25, 0.3) is 22.4 Å². The molecule has 0 radical (unpaired) electrons. The van der Waals surface area contributed by atoms with Crippen molar-refractivity contribution in [1.82, 2.24) is 15.5 Å². The fourth-order valence-corrected chi connectivity index (χ4v) is 2.54. The summed E-state index contributed by atoms with van der Waals surface area (Å²) in [6.45, 7) is 0.553. The van der Waals surface area contributed by atoms with Gasteiger partial charge in [-0.3, -0.25) is 0 Å². The number of rotatable bonds is 2. The van der Waals surface area contributed by atoms with Gasteiger partial charge in [-0.2, -0.15) is 4.98 Å². The van der Waals surface area contributed by atoms with Crippen LogP contribution in [0.1, 0.15) is 18.4 Å². The Morgan fingerprint density at radius 2 is 2.20 bits per heavy atom. The summed E-state index contributed by atoms with van der Waals surface area (Å²) in [5, 5.41) is 17.6.